The Morgan fingerprint density at radius 2 is 1.43 bits per heavy atom. The first-order valence-corrected chi connectivity index (χ1v) is 5.92. The van der Waals surface area contributed by atoms with Crippen molar-refractivity contribution in [2.24, 2.45) is 0 Å². The number of nitrogens with zero attached hydrogens (tertiary/aromatic N) is 2. The highest BCUT2D eigenvalue weighted by atomic mass is 17.1. The van der Waals surface area contributed by atoms with E-state index in [1.165, 1.54) is 4.90 Å². The molecule has 0 atom stereocenters. The number of hydrogen-bond donors (Lipinski definition) is 6. The molecule has 116 valence electrons. The number of aromatic hydroxyl groups is 4. The topological polar surface area (TPSA) is 154 Å². The number of amides is 1. The molecule has 0 saturated carbocycles. The van der Waals surface area contributed by atoms with Crippen molar-refractivity contribution in [3.05, 3.63) is 5.56 Å². The normalized spacial score (nSPS) is 16.0. The molecule has 1 aromatic carbocycles. The van der Waals surface area contributed by atoms with Gasteiger partial charge in [0.2, 0.25) is 23.0 Å². The average molecular weight is 302 g/mol. The van der Waals surface area contributed by atoms with Gasteiger partial charge in [0.1, 0.15) is 5.56 Å². The maximum absolute atomic E-state index is 12.3. The molecule has 0 aliphatic carbocycles. The molecule has 1 aliphatic heterocycles. The highest BCUT2D eigenvalue weighted by molar-refractivity contribution is 6.02. The summed E-state index contributed by atoms with van der Waals surface area (Å²) >= 11 is 0. The van der Waals surface area contributed by atoms with Crippen molar-refractivity contribution in [1.29, 1.82) is 0 Å². The van der Waals surface area contributed by atoms with Gasteiger partial charge >= 0.3 is 0 Å². The Balaban J connectivity index is 2.45. The van der Waals surface area contributed by atoms with Crippen LogP contribution in [0.3, 0.4) is 0 Å². The Bertz CT molecular complexity index is 568. The quantitative estimate of drug-likeness (QED) is 0.184. The van der Waals surface area contributed by atoms with Gasteiger partial charge in [0.15, 0.2) is 5.75 Å². The molecule has 0 spiro atoms. The van der Waals surface area contributed by atoms with Crippen LogP contribution >= 0.6 is 0 Å². The molecule has 0 bridgehead atoms. The standard InChI is InChI=1S/C11H14N2O8/c14-6-5(10(21-20)9(17)8(16)7(6)15)11(18)12-1-3-13(19)4-2-12/h14-17,19-20H,1-4H2. The highest BCUT2D eigenvalue weighted by Gasteiger charge is 2.33. The van der Waals surface area contributed by atoms with Crippen molar-refractivity contribution in [2.45, 2.75) is 0 Å². The summed E-state index contributed by atoms with van der Waals surface area (Å²) in [6.07, 6.45) is 0. The van der Waals surface area contributed by atoms with Crippen LogP contribution < -0.4 is 4.89 Å². The number of phenols is 4. The monoisotopic (exact) mass is 302 g/mol. The molecule has 10 nitrogen and oxygen atoms in total. The molecule has 6 N–H and O–H groups in total. The molecule has 21 heavy (non-hydrogen) atoms. The van der Waals surface area contributed by atoms with Crippen LogP contribution in [0.4, 0.5) is 0 Å². The molecule has 0 unspecified atom stereocenters. The summed E-state index contributed by atoms with van der Waals surface area (Å²) in [6, 6.07) is 0. The summed E-state index contributed by atoms with van der Waals surface area (Å²) in [5, 5.41) is 57.1. The van der Waals surface area contributed by atoms with E-state index in [2.05, 4.69) is 4.89 Å². The predicted molar refractivity (Wildman–Crippen MR) is 65.6 cm³/mol. The Hall–Kier alpha value is -2.43. The second-order valence-electron chi connectivity index (χ2n) is 4.44. The summed E-state index contributed by atoms with van der Waals surface area (Å²) in [5.41, 5.74) is -0.698. The zero-order chi connectivity index (χ0) is 15.7. The van der Waals surface area contributed by atoms with Crippen molar-refractivity contribution < 1.29 is 40.6 Å². The van der Waals surface area contributed by atoms with Gasteiger partial charge in [-0.3, -0.25) is 4.79 Å². The third-order valence-electron chi connectivity index (χ3n) is 3.20. The summed E-state index contributed by atoms with van der Waals surface area (Å²) < 4.78 is 0. The van der Waals surface area contributed by atoms with E-state index in [1.807, 2.05) is 0 Å². The van der Waals surface area contributed by atoms with Gasteiger partial charge < -0.3 is 35.4 Å². The van der Waals surface area contributed by atoms with Crippen molar-refractivity contribution >= 4 is 5.91 Å². The van der Waals surface area contributed by atoms with Gasteiger partial charge in [0.05, 0.1) is 0 Å². The maximum atomic E-state index is 12.3. The molecule has 1 heterocycles. The second kappa shape index (κ2) is 5.52. The lowest BCUT2D eigenvalue weighted by atomic mass is 10.1. The minimum atomic E-state index is -1.13. The number of benzene rings is 1. The summed E-state index contributed by atoms with van der Waals surface area (Å²) in [4.78, 5) is 17.3. The number of rotatable bonds is 2. The van der Waals surface area contributed by atoms with Crippen LogP contribution in [0, 0.1) is 0 Å². The van der Waals surface area contributed by atoms with Gasteiger partial charge in [-0.25, -0.2) is 5.26 Å². The van der Waals surface area contributed by atoms with Gasteiger partial charge in [0, 0.05) is 26.2 Å². The molecule has 1 amide bonds. The fraction of sp³-hybridized carbons (Fsp3) is 0.364. The van der Waals surface area contributed by atoms with E-state index in [9.17, 15) is 30.4 Å². The van der Waals surface area contributed by atoms with Gasteiger partial charge in [-0.05, 0) is 0 Å². The Labute approximate surface area is 118 Å². The molecule has 1 aromatic rings. The zero-order valence-corrected chi connectivity index (χ0v) is 10.7. The minimum Gasteiger partial charge on any atom is -0.504 e. The van der Waals surface area contributed by atoms with Crippen LogP contribution in [0.15, 0.2) is 0 Å². The number of carbonyl (C=O) groups is 1. The number of piperazine rings is 1. The predicted octanol–water partition coefficient (Wildman–Crippen LogP) is -0.492. The molecule has 0 aromatic heterocycles. The van der Waals surface area contributed by atoms with E-state index < -0.39 is 40.2 Å². The molecule has 1 fully saturated rings. The molecule has 1 saturated heterocycles. The molecular formula is C11H14N2O8. The van der Waals surface area contributed by atoms with Crippen LogP contribution in [-0.2, 0) is 0 Å². The third-order valence-corrected chi connectivity index (χ3v) is 3.20. The molecular weight excluding hydrogens is 288 g/mol. The average Bonchev–Trinajstić information content (AvgIpc) is 2.48. The van der Waals surface area contributed by atoms with E-state index in [0.29, 0.717) is 0 Å². The van der Waals surface area contributed by atoms with Crippen LogP contribution in [0.1, 0.15) is 10.4 Å². The number of carbonyl (C=O) groups excluding carboxylic acids is 1. The maximum Gasteiger partial charge on any atom is 0.261 e. The number of hydroxylamine groups is 2. The van der Waals surface area contributed by atoms with E-state index in [4.69, 9.17) is 5.26 Å². The largest absolute Gasteiger partial charge is 0.504 e. The first-order chi connectivity index (χ1) is 9.88. The first-order valence-electron chi connectivity index (χ1n) is 5.92. The Morgan fingerprint density at radius 1 is 0.905 bits per heavy atom. The lowest BCUT2D eigenvalue weighted by molar-refractivity contribution is -0.140. The van der Waals surface area contributed by atoms with Gasteiger partial charge in [-0.2, -0.15) is 5.06 Å². The summed E-state index contributed by atoms with van der Waals surface area (Å²) in [5.74, 6) is -6.09. The van der Waals surface area contributed by atoms with Gasteiger partial charge in [-0.15, -0.1) is 0 Å². The summed E-state index contributed by atoms with van der Waals surface area (Å²) in [7, 11) is 0. The van der Waals surface area contributed by atoms with E-state index in [1.54, 1.807) is 0 Å². The third kappa shape index (κ3) is 2.46. The summed E-state index contributed by atoms with van der Waals surface area (Å²) in [6.45, 7) is 0.555. The van der Waals surface area contributed by atoms with Crippen molar-refractivity contribution in [1.82, 2.24) is 9.96 Å². The minimum absolute atomic E-state index is 0.113. The van der Waals surface area contributed by atoms with Crippen LogP contribution in [-0.4, -0.2) is 72.9 Å². The van der Waals surface area contributed by atoms with Gasteiger partial charge in [-0.1, -0.05) is 0 Å². The Morgan fingerprint density at radius 3 is 1.95 bits per heavy atom. The molecule has 1 aliphatic rings. The lowest BCUT2D eigenvalue weighted by Crippen LogP contribution is -2.47. The van der Waals surface area contributed by atoms with Gasteiger partial charge in [0.25, 0.3) is 5.91 Å². The van der Waals surface area contributed by atoms with Crippen LogP contribution in [0.25, 0.3) is 0 Å². The smallest absolute Gasteiger partial charge is 0.261 e. The SMILES string of the molecule is O=C(c1c(O)c(O)c(O)c(O)c1OO)N1CCN(O)CC1. The lowest BCUT2D eigenvalue weighted by Gasteiger charge is -2.31. The fourth-order valence-electron chi connectivity index (χ4n) is 2.02. The van der Waals surface area contributed by atoms with E-state index in [-0.39, 0.29) is 26.2 Å². The molecule has 10 heteroatoms. The first kappa shape index (κ1) is 15.0. The second-order valence-corrected chi connectivity index (χ2v) is 4.44. The van der Waals surface area contributed by atoms with E-state index in [0.717, 1.165) is 5.06 Å². The van der Waals surface area contributed by atoms with Crippen molar-refractivity contribution in [3.8, 4) is 28.7 Å². The van der Waals surface area contributed by atoms with Crippen molar-refractivity contribution in [3.63, 3.8) is 0 Å². The number of phenolic OH excluding ortho intramolecular Hbond substituents is 4. The molecule has 0 radical (unpaired) electrons. The fourth-order valence-corrected chi connectivity index (χ4v) is 2.02. The van der Waals surface area contributed by atoms with E-state index >= 15 is 0 Å². The number of hydrogen-bond acceptors (Lipinski definition) is 9. The van der Waals surface area contributed by atoms with Crippen LogP contribution in [0.2, 0.25) is 0 Å². The van der Waals surface area contributed by atoms with Crippen LogP contribution in [0.5, 0.6) is 28.7 Å². The zero-order valence-electron chi connectivity index (χ0n) is 10.7. The highest BCUT2D eigenvalue weighted by Crippen LogP contribution is 2.51. The van der Waals surface area contributed by atoms with Crippen molar-refractivity contribution in [2.75, 3.05) is 26.2 Å². The Kier molecular flexibility index (Phi) is 3.93. The molecule has 2 rings (SSSR count).